The summed E-state index contributed by atoms with van der Waals surface area (Å²) in [6, 6.07) is 7.82. The van der Waals surface area contributed by atoms with Crippen LogP contribution in [0.3, 0.4) is 0 Å². The summed E-state index contributed by atoms with van der Waals surface area (Å²) < 4.78 is 5.51. The molecule has 1 aromatic heterocycles. The number of halogens is 1. The Labute approximate surface area is 123 Å². The number of hydrogen-bond acceptors (Lipinski definition) is 4. The second kappa shape index (κ2) is 6.15. The van der Waals surface area contributed by atoms with Crippen molar-refractivity contribution in [2.75, 3.05) is 31.1 Å². The maximum Gasteiger partial charge on any atom is 0.311 e. The molecule has 0 saturated carbocycles. The molecule has 6 heteroatoms. The van der Waals surface area contributed by atoms with Gasteiger partial charge in [0, 0.05) is 37.3 Å². The van der Waals surface area contributed by atoms with Crippen molar-refractivity contribution in [3.63, 3.8) is 0 Å². The van der Waals surface area contributed by atoms with Gasteiger partial charge in [-0.1, -0.05) is 0 Å². The molecule has 1 aromatic carbocycles. The summed E-state index contributed by atoms with van der Waals surface area (Å²) in [5, 5.41) is 13.1. The van der Waals surface area contributed by atoms with E-state index in [4.69, 9.17) is 9.52 Å². The number of nitrogens with zero attached hydrogens (tertiary/aromatic N) is 1. The Morgan fingerprint density at radius 2 is 2.05 bits per heavy atom. The summed E-state index contributed by atoms with van der Waals surface area (Å²) >= 11 is 0. The molecule has 5 nitrogen and oxygen atoms in total. The van der Waals surface area contributed by atoms with E-state index in [1.807, 2.05) is 18.2 Å². The Morgan fingerprint density at radius 3 is 2.75 bits per heavy atom. The molecule has 0 atom stereocenters. The number of nitrogens with one attached hydrogen (secondary N) is 1. The van der Waals surface area contributed by atoms with E-state index in [2.05, 4.69) is 16.3 Å². The lowest BCUT2D eigenvalue weighted by molar-refractivity contribution is -0.136. The Hall–Kier alpha value is -1.72. The third-order valence-corrected chi connectivity index (χ3v) is 3.36. The van der Waals surface area contributed by atoms with Gasteiger partial charge in [-0.3, -0.25) is 4.79 Å². The van der Waals surface area contributed by atoms with Crippen LogP contribution in [0.15, 0.2) is 28.7 Å². The van der Waals surface area contributed by atoms with E-state index in [0.29, 0.717) is 5.76 Å². The van der Waals surface area contributed by atoms with Gasteiger partial charge in [0.1, 0.15) is 17.8 Å². The number of carboxylic acid groups (broad SMARTS) is 1. The number of piperazine rings is 1. The van der Waals surface area contributed by atoms with Crippen molar-refractivity contribution in [3.05, 3.63) is 30.0 Å². The number of fused-ring (bicyclic) bond motifs is 1. The predicted octanol–water partition coefficient (Wildman–Crippen LogP) is 1.89. The monoisotopic (exact) mass is 296 g/mol. The zero-order valence-corrected chi connectivity index (χ0v) is 11.8. The molecule has 1 saturated heterocycles. The third-order valence-electron chi connectivity index (χ3n) is 3.36. The van der Waals surface area contributed by atoms with Crippen LogP contribution < -0.4 is 10.2 Å². The van der Waals surface area contributed by atoms with Crippen LogP contribution in [-0.4, -0.2) is 37.3 Å². The smallest absolute Gasteiger partial charge is 0.311 e. The van der Waals surface area contributed by atoms with Crippen molar-refractivity contribution in [2.45, 2.75) is 6.42 Å². The van der Waals surface area contributed by atoms with Crippen LogP contribution in [0.5, 0.6) is 0 Å². The van der Waals surface area contributed by atoms with Crippen molar-refractivity contribution in [2.24, 2.45) is 0 Å². The van der Waals surface area contributed by atoms with E-state index < -0.39 is 5.97 Å². The van der Waals surface area contributed by atoms with E-state index in [1.165, 1.54) is 0 Å². The molecule has 2 N–H and O–H groups in total. The molecule has 1 aliphatic heterocycles. The first kappa shape index (κ1) is 14.7. The van der Waals surface area contributed by atoms with E-state index >= 15 is 0 Å². The quantitative estimate of drug-likeness (QED) is 0.905. The number of hydrogen-bond donors (Lipinski definition) is 2. The lowest BCUT2D eigenvalue weighted by Gasteiger charge is -2.29. The number of benzene rings is 1. The van der Waals surface area contributed by atoms with Crippen LogP contribution in [0, 0.1) is 0 Å². The minimum atomic E-state index is -0.874. The summed E-state index contributed by atoms with van der Waals surface area (Å²) in [4.78, 5) is 13.0. The first-order chi connectivity index (χ1) is 9.22. The fourth-order valence-electron chi connectivity index (χ4n) is 2.44. The Kier molecular flexibility index (Phi) is 4.52. The van der Waals surface area contributed by atoms with Crippen LogP contribution in [0.4, 0.5) is 5.69 Å². The zero-order valence-electron chi connectivity index (χ0n) is 11.0. The molecule has 20 heavy (non-hydrogen) atoms. The Morgan fingerprint density at radius 1 is 1.30 bits per heavy atom. The minimum absolute atomic E-state index is 0. The van der Waals surface area contributed by atoms with Gasteiger partial charge in [0.05, 0.1) is 0 Å². The van der Waals surface area contributed by atoms with Crippen LogP contribution in [0.1, 0.15) is 5.76 Å². The van der Waals surface area contributed by atoms with Crippen molar-refractivity contribution < 1.29 is 14.3 Å². The summed E-state index contributed by atoms with van der Waals surface area (Å²) in [5.74, 6) is -0.374. The Balaban J connectivity index is 0.00000147. The van der Waals surface area contributed by atoms with Gasteiger partial charge in [0.25, 0.3) is 0 Å². The lowest BCUT2D eigenvalue weighted by atomic mass is 10.2. The van der Waals surface area contributed by atoms with E-state index in [0.717, 1.165) is 42.8 Å². The third kappa shape index (κ3) is 3.05. The standard InChI is InChI=1S/C14H16N2O3.ClH/c17-14(18)9-12-8-10-7-11(1-2-13(10)19-12)16-5-3-15-4-6-16;/h1-2,7-8,15H,3-6,9H2,(H,17,18);1H. The van der Waals surface area contributed by atoms with Crippen LogP contribution in [0.25, 0.3) is 11.0 Å². The molecule has 0 amide bonds. The van der Waals surface area contributed by atoms with Crippen LogP contribution in [0.2, 0.25) is 0 Å². The number of anilines is 1. The molecule has 0 aliphatic carbocycles. The highest BCUT2D eigenvalue weighted by molar-refractivity contribution is 5.85. The topological polar surface area (TPSA) is 65.7 Å². The molecule has 2 aromatic rings. The molecular weight excluding hydrogens is 280 g/mol. The number of carboxylic acids is 1. The van der Waals surface area contributed by atoms with Gasteiger partial charge in [-0.25, -0.2) is 0 Å². The van der Waals surface area contributed by atoms with Crippen molar-refractivity contribution in [1.29, 1.82) is 0 Å². The summed E-state index contributed by atoms with van der Waals surface area (Å²) in [5.41, 5.74) is 1.91. The Bertz CT molecular complexity index is 605. The number of carbonyl (C=O) groups is 1. The number of rotatable bonds is 3. The molecular formula is C14H17ClN2O3. The maximum absolute atomic E-state index is 10.7. The van der Waals surface area contributed by atoms with Crippen LogP contribution in [-0.2, 0) is 11.2 Å². The van der Waals surface area contributed by atoms with Gasteiger partial charge >= 0.3 is 5.97 Å². The largest absolute Gasteiger partial charge is 0.481 e. The molecule has 1 fully saturated rings. The van der Waals surface area contributed by atoms with Gasteiger partial charge < -0.3 is 19.7 Å². The van der Waals surface area contributed by atoms with E-state index in [1.54, 1.807) is 0 Å². The number of furan rings is 1. The average Bonchev–Trinajstić information content (AvgIpc) is 2.79. The SMILES string of the molecule is Cl.O=C(O)Cc1cc2cc(N3CCNCC3)ccc2o1. The molecule has 0 bridgehead atoms. The minimum Gasteiger partial charge on any atom is -0.481 e. The maximum atomic E-state index is 10.7. The lowest BCUT2D eigenvalue weighted by Crippen LogP contribution is -2.43. The highest BCUT2D eigenvalue weighted by Crippen LogP contribution is 2.25. The fraction of sp³-hybridized carbons (Fsp3) is 0.357. The summed E-state index contributed by atoms with van der Waals surface area (Å²) in [6.07, 6.45) is -0.0718. The van der Waals surface area contributed by atoms with Crippen molar-refractivity contribution in [1.82, 2.24) is 5.32 Å². The first-order valence-corrected chi connectivity index (χ1v) is 6.42. The fourth-order valence-corrected chi connectivity index (χ4v) is 2.44. The van der Waals surface area contributed by atoms with Gasteiger partial charge in [-0.15, -0.1) is 12.4 Å². The van der Waals surface area contributed by atoms with Gasteiger partial charge in [-0.05, 0) is 24.3 Å². The second-order valence-electron chi connectivity index (χ2n) is 4.74. The molecule has 0 spiro atoms. The summed E-state index contributed by atoms with van der Waals surface area (Å²) in [6.45, 7) is 3.97. The summed E-state index contributed by atoms with van der Waals surface area (Å²) in [7, 11) is 0. The zero-order chi connectivity index (χ0) is 13.2. The van der Waals surface area contributed by atoms with E-state index in [-0.39, 0.29) is 18.8 Å². The molecule has 2 heterocycles. The molecule has 3 rings (SSSR count). The van der Waals surface area contributed by atoms with Gasteiger partial charge in [-0.2, -0.15) is 0 Å². The highest BCUT2D eigenvalue weighted by Gasteiger charge is 2.13. The molecule has 0 radical (unpaired) electrons. The highest BCUT2D eigenvalue weighted by atomic mass is 35.5. The van der Waals surface area contributed by atoms with Crippen molar-refractivity contribution in [3.8, 4) is 0 Å². The molecule has 108 valence electrons. The second-order valence-corrected chi connectivity index (χ2v) is 4.74. The van der Waals surface area contributed by atoms with E-state index in [9.17, 15) is 4.79 Å². The predicted molar refractivity (Wildman–Crippen MR) is 79.9 cm³/mol. The number of aliphatic carboxylic acids is 1. The van der Waals surface area contributed by atoms with Crippen molar-refractivity contribution >= 4 is 35.0 Å². The average molecular weight is 297 g/mol. The first-order valence-electron chi connectivity index (χ1n) is 6.42. The normalized spacial score (nSPS) is 15.1. The molecule has 0 unspecified atom stereocenters. The van der Waals surface area contributed by atoms with Gasteiger partial charge in [0.2, 0.25) is 0 Å². The van der Waals surface area contributed by atoms with Crippen LogP contribution >= 0.6 is 12.4 Å². The van der Waals surface area contributed by atoms with Gasteiger partial charge in [0.15, 0.2) is 0 Å². The molecule has 1 aliphatic rings.